The van der Waals surface area contributed by atoms with Crippen LogP contribution in [0.4, 0.5) is 0 Å². The Labute approximate surface area is 185 Å². The Morgan fingerprint density at radius 2 is 1.88 bits per heavy atom. The molecule has 3 atom stereocenters. The third kappa shape index (κ3) is 8.75. The van der Waals surface area contributed by atoms with Gasteiger partial charge in [-0.05, 0) is 32.6 Å². The number of aliphatic carboxylic acids is 1. The number of nitrogens with one attached hydrogen (secondary N) is 3. The lowest BCUT2D eigenvalue weighted by Gasteiger charge is -2.23. The first-order valence-electron chi connectivity index (χ1n) is 10.2. The van der Waals surface area contributed by atoms with Crippen LogP contribution in [0.3, 0.4) is 0 Å². The summed E-state index contributed by atoms with van der Waals surface area (Å²) in [7, 11) is 0. The average molecular weight is 457 g/mol. The van der Waals surface area contributed by atoms with E-state index >= 15 is 0 Å². The van der Waals surface area contributed by atoms with Crippen LogP contribution in [0.5, 0.6) is 0 Å². The van der Waals surface area contributed by atoms with Crippen molar-refractivity contribution in [1.29, 1.82) is 0 Å². The molecule has 0 radical (unpaired) electrons. The van der Waals surface area contributed by atoms with Crippen molar-refractivity contribution in [2.75, 3.05) is 26.2 Å². The van der Waals surface area contributed by atoms with Gasteiger partial charge in [-0.3, -0.25) is 29.0 Å². The van der Waals surface area contributed by atoms with Gasteiger partial charge in [-0.1, -0.05) is 0 Å². The molecule has 14 nitrogen and oxygen atoms in total. The van der Waals surface area contributed by atoms with E-state index in [0.29, 0.717) is 25.8 Å². The molecule has 0 aliphatic carbocycles. The van der Waals surface area contributed by atoms with Crippen LogP contribution in [0.2, 0.25) is 0 Å². The van der Waals surface area contributed by atoms with E-state index in [0.717, 1.165) is 0 Å². The predicted octanol–water partition coefficient (Wildman–Crippen LogP) is -3.82. The standard InChI is InChI=1S/C18H32N8O6/c1-10(17(31)32)24-15(29)11(4-2-6-22-18(20)21)25-13(27)9-23-16(30)12-5-3-7-26(12)14(28)8-19/h10-12H,2-9,19H2,1H3,(H,23,30)(H,24,29)(H,25,27)(H,31,32)(H4,20,21,22). The minimum Gasteiger partial charge on any atom is -0.480 e. The number of amides is 4. The molecule has 1 saturated heterocycles. The summed E-state index contributed by atoms with van der Waals surface area (Å²) < 4.78 is 0. The molecular weight excluding hydrogens is 424 g/mol. The Bertz CT molecular complexity index is 739. The number of nitrogens with two attached hydrogens (primary N) is 3. The summed E-state index contributed by atoms with van der Waals surface area (Å²) in [6.45, 7) is 1.27. The van der Waals surface area contributed by atoms with E-state index in [1.807, 2.05) is 0 Å². The topological polar surface area (TPSA) is 235 Å². The second-order valence-electron chi connectivity index (χ2n) is 7.30. The SMILES string of the molecule is CC(NC(=O)C(CCCN=C(N)N)NC(=O)CNC(=O)C1CCCN1C(=O)CN)C(=O)O. The number of carbonyl (C=O) groups excluding carboxylic acids is 4. The molecule has 0 aromatic rings. The molecule has 1 aliphatic rings. The van der Waals surface area contributed by atoms with Crippen LogP contribution in [0.15, 0.2) is 4.99 Å². The molecule has 3 unspecified atom stereocenters. The van der Waals surface area contributed by atoms with Gasteiger partial charge in [0.15, 0.2) is 5.96 Å². The maximum Gasteiger partial charge on any atom is 0.325 e. The van der Waals surface area contributed by atoms with Crippen molar-refractivity contribution in [3.8, 4) is 0 Å². The van der Waals surface area contributed by atoms with E-state index in [1.165, 1.54) is 11.8 Å². The van der Waals surface area contributed by atoms with Gasteiger partial charge < -0.3 is 43.2 Å². The summed E-state index contributed by atoms with van der Waals surface area (Å²) >= 11 is 0. The number of rotatable bonds is 12. The highest BCUT2D eigenvalue weighted by atomic mass is 16.4. The van der Waals surface area contributed by atoms with Gasteiger partial charge in [0, 0.05) is 13.1 Å². The molecule has 32 heavy (non-hydrogen) atoms. The summed E-state index contributed by atoms with van der Waals surface area (Å²) in [4.78, 5) is 65.1. The van der Waals surface area contributed by atoms with Crippen LogP contribution in [0.1, 0.15) is 32.6 Å². The Balaban J connectivity index is 2.66. The van der Waals surface area contributed by atoms with Crippen LogP contribution < -0.4 is 33.2 Å². The minimum absolute atomic E-state index is 0.119. The number of likely N-dealkylation sites (tertiary alicyclic amines) is 1. The van der Waals surface area contributed by atoms with Gasteiger partial charge in [-0.15, -0.1) is 0 Å². The van der Waals surface area contributed by atoms with Crippen LogP contribution in [0.25, 0.3) is 0 Å². The lowest BCUT2D eigenvalue weighted by atomic mass is 10.1. The molecule has 180 valence electrons. The quantitative estimate of drug-likeness (QED) is 0.0864. The van der Waals surface area contributed by atoms with Crippen molar-refractivity contribution < 1.29 is 29.1 Å². The maximum atomic E-state index is 12.4. The van der Waals surface area contributed by atoms with Crippen molar-refractivity contribution in [2.45, 2.75) is 50.7 Å². The fraction of sp³-hybridized carbons (Fsp3) is 0.667. The van der Waals surface area contributed by atoms with Crippen LogP contribution in [-0.2, 0) is 24.0 Å². The summed E-state index contributed by atoms with van der Waals surface area (Å²) in [5.41, 5.74) is 15.9. The lowest BCUT2D eigenvalue weighted by molar-refractivity contribution is -0.141. The zero-order valence-electron chi connectivity index (χ0n) is 18.0. The molecule has 1 fully saturated rings. The third-order valence-corrected chi connectivity index (χ3v) is 4.80. The Hall–Kier alpha value is -3.42. The molecule has 1 rings (SSSR count). The lowest BCUT2D eigenvalue weighted by Crippen LogP contribution is -2.53. The van der Waals surface area contributed by atoms with Crippen molar-refractivity contribution in [3.63, 3.8) is 0 Å². The highest BCUT2D eigenvalue weighted by Crippen LogP contribution is 2.17. The van der Waals surface area contributed by atoms with Gasteiger partial charge in [0.25, 0.3) is 0 Å². The molecule has 14 heteroatoms. The number of guanidine groups is 1. The molecule has 0 bridgehead atoms. The average Bonchev–Trinajstić information content (AvgIpc) is 3.23. The predicted molar refractivity (Wildman–Crippen MR) is 114 cm³/mol. The third-order valence-electron chi connectivity index (χ3n) is 4.80. The first-order chi connectivity index (χ1) is 15.1. The Morgan fingerprint density at radius 3 is 2.47 bits per heavy atom. The smallest absolute Gasteiger partial charge is 0.325 e. The molecule has 1 aliphatic heterocycles. The molecule has 4 amide bonds. The normalized spacial score (nSPS) is 17.1. The van der Waals surface area contributed by atoms with E-state index in [9.17, 15) is 24.0 Å². The second-order valence-corrected chi connectivity index (χ2v) is 7.30. The van der Waals surface area contributed by atoms with E-state index in [4.69, 9.17) is 22.3 Å². The van der Waals surface area contributed by atoms with Crippen molar-refractivity contribution in [2.24, 2.45) is 22.2 Å². The van der Waals surface area contributed by atoms with Gasteiger partial charge in [-0.25, -0.2) is 0 Å². The largest absolute Gasteiger partial charge is 0.480 e. The van der Waals surface area contributed by atoms with Gasteiger partial charge in [0.05, 0.1) is 13.1 Å². The zero-order chi connectivity index (χ0) is 24.3. The van der Waals surface area contributed by atoms with Gasteiger partial charge >= 0.3 is 5.97 Å². The van der Waals surface area contributed by atoms with Crippen LogP contribution >= 0.6 is 0 Å². The summed E-state index contributed by atoms with van der Waals surface area (Å²) in [6, 6.07) is -2.92. The van der Waals surface area contributed by atoms with E-state index < -0.39 is 48.4 Å². The van der Waals surface area contributed by atoms with E-state index in [2.05, 4.69) is 20.9 Å². The second kappa shape index (κ2) is 13.1. The van der Waals surface area contributed by atoms with Crippen molar-refractivity contribution in [1.82, 2.24) is 20.9 Å². The maximum absolute atomic E-state index is 12.4. The Kier molecular flexibility index (Phi) is 10.9. The van der Waals surface area contributed by atoms with Crippen molar-refractivity contribution >= 4 is 35.6 Å². The molecule has 10 N–H and O–H groups in total. The highest BCUT2D eigenvalue weighted by molar-refractivity contribution is 5.93. The number of aliphatic imine (C=N–C) groups is 1. The first-order valence-corrected chi connectivity index (χ1v) is 10.2. The monoisotopic (exact) mass is 456 g/mol. The first kappa shape index (κ1) is 26.6. The van der Waals surface area contributed by atoms with Gasteiger partial charge in [0.2, 0.25) is 23.6 Å². The van der Waals surface area contributed by atoms with E-state index in [1.54, 1.807) is 0 Å². The molecule has 0 aromatic heterocycles. The van der Waals surface area contributed by atoms with Gasteiger partial charge in [-0.2, -0.15) is 0 Å². The number of nitrogens with zero attached hydrogens (tertiary/aromatic N) is 2. The van der Waals surface area contributed by atoms with Crippen LogP contribution in [0, 0.1) is 0 Å². The summed E-state index contributed by atoms with van der Waals surface area (Å²) in [5, 5.41) is 16.2. The molecule has 1 heterocycles. The number of carbonyl (C=O) groups is 5. The van der Waals surface area contributed by atoms with E-state index in [-0.39, 0.29) is 31.4 Å². The minimum atomic E-state index is -1.23. The Morgan fingerprint density at radius 1 is 1.19 bits per heavy atom. The highest BCUT2D eigenvalue weighted by Gasteiger charge is 2.33. The molecule has 0 saturated carbocycles. The number of carboxylic acid groups (broad SMARTS) is 1. The number of hydrogen-bond acceptors (Lipinski definition) is 7. The number of carboxylic acids is 1. The fourth-order valence-corrected chi connectivity index (χ4v) is 3.13. The summed E-state index contributed by atoms with van der Waals surface area (Å²) in [6.07, 6.45) is 1.58. The summed E-state index contributed by atoms with van der Waals surface area (Å²) in [5.74, 6) is -3.54. The van der Waals surface area contributed by atoms with Crippen LogP contribution in [-0.4, -0.2) is 89.9 Å². The number of hydrogen-bond donors (Lipinski definition) is 7. The van der Waals surface area contributed by atoms with Gasteiger partial charge in [0.1, 0.15) is 18.1 Å². The fourth-order valence-electron chi connectivity index (χ4n) is 3.13. The molecule has 0 aromatic carbocycles. The molecule has 0 spiro atoms. The zero-order valence-corrected chi connectivity index (χ0v) is 18.0. The molecular formula is C18H32N8O6. The van der Waals surface area contributed by atoms with Crippen molar-refractivity contribution in [3.05, 3.63) is 0 Å².